The van der Waals surface area contributed by atoms with Gasteiger partial charge in [0.1, 0.15) is 17.1 Å². The second-order valence-corrected chi connectivity index (χ2v) is 8.50. The Kier molecular flexibility index (Phi) is 6.59. The Labute approximate surface area is 172 Å². The molecule has 0 atom stereocenters. The number of amides is 1. The molecule has 1 aromatic heterocycles. The summed E-state index contributed by atoms with van der Waals surface area (Å²) in [6.07, 6.45) is -0.564. The highest BCUT2D eigenvalue weighted by Crippen LogP contribution is 2.27. The number of benzene rings is 1. The van der Waals surface area contributed by atoms with Gasteiger partial charge in [-0.25, -0.2) is 14.2 Å². The van der Waals surface area contributed by atoms with Crippen molar-refractivity contribution in [1.29, 1.82) is 0 Å². The maximum absolute atomic E-state index is 13.3. The van der Waals surface area contributed by atoms with E-state index in [0.717, 1.165) is 0 Å². The molecular formula is C21H24BrFN2O3. The Hall–Kier alpha value is -2.28. The monoisotopic (exact) mass is 450 g/mol. The van der Waals surface area contributed by atoms with Crippen molar-refractivity contribution in [2.75, 3.05) is 5.33 Å². The van der Waals surface area contributed by atoms with E-state index in [9.17, 15) is 14.0 Å². The van der Waals surface area contributed by atoms with E-state index < -0.39 is 17.2 Å². The summed E-state index contributed by atoms with van der Waals surface area (Å²) in [5, 5.41) is 2.95. The zero-order chi connectivity index (χ0) is 21.1. The zero-order valence-corrected chi connectivity index (χ0v) is 18.2. The summed E-state index contributed by atoms with van der Waals surface area (Å²) in [5.41, 5.74) is 0.654. The van der Waals surface area contributed by atoms with Crippen molar-refractivity contribution < 1.29 is 18.7 Å². The summed E-state index contributed by atoms with van der Waals surface area (Å²) in [6, 6.07) is 9.28. The number of hydrogen-bond donors (Lipinski definition) is 1. The Balaban J connectivity index is 2.46. The highest BCUT2D eigenvalue weighted by atomic mass is 79.9. The summed E-state index contributed by atoms with van der Waals surface area (Å²) in [4.78, 5) is 28.9. The number of carbonyl (C=O) groups is 2. The number of alkyl carbamates (subject to hydrolysis) is 1. The molecule has 0 saturated heterocycles. The van der Waals surface area contributed by atoms with Crippen molar-refractivity contribution in [2.45, 2.75) is 45.8 Å². The van der Waals surface area contributed by atoms with Gasteiger partial charge in [-0.1, -0.05) is 15.9 Å². The molecule has 2 aromatic rings. The molecule has 1 amide bonds. The first kappa shape index (κ1) is 22.0. The van der Waals surface area contributed by atoms with Crippen LogP contribution in [0.5, 0.6) is 0 Å². The van der Waals surface area contributed by atoms with Crippen LogP contribution in [0.2, 0.25) is 0 Å². The van der Waals surface area contributed by atoms with Gasteiger partial charge in [-0.2, -0.15) is 0 Å². The van der Waals surface area contributed by atoms with Crippen molar-refractivity contribution in [1.82, 2.24) is 10.3 Å². The standard InChI is InChI=1S/C21H24BrFN2O3/c1-20(2,3)28-19(27)25-21(4,5)14-10-16(13-6-8-15(23)9-7-13)24-17(11-14)18(26)12-22/h6-11H,12H2,1-5H3,(H,25,27). The SMILES string of the molecule is CC(C)(C)OC(=O)NC(C)(C)c1cc(C(=O)CBr)nc(-c2ccc(F)cc2)c1. The molecule has 7 heteroatoms. The van der Waals surface area contributed by atoms with Crippen molar-refractivity contribution in [3.05, 3.63) is 53.5 Å². The molecule has 5 nitrogen and oxygen atoms in total. The smallest absolute Gasteiger partial charge is 0.408 e. The molecule has 1 heterocycles. The summed E-state index contributed by atoms with van der Waals surface area (Å²) in [7, 11) is 0. The molecule has 0 aliphatic heterocycles. The third-order valence-corrected chi connectivity index (χ3v) is 4.42. The molecule has 2 rings (SSSR count). The summed E-state index contributed by atoms with van der Waals surface area (Å²) >= 11 is 3.16. The van der Waals surface area contributed by atoms with Gasteiger partial charge < -0.3 is 10.1 Å². The van der Waals surface area contributed by atoms with E-state index in [2.05, 4.69) is 26.2 Å². The van der Waals surface area contributed by atoms with E-state index in [1.165, 1.54) is 12.1 Å². The lowest BCUT2D eigenvalue weighted by atomic mass is 9.92. The number of pyridine rings is 1. The maximum Gasteiger partial charge on any atom is 0.408 e. The molecular weight excluding hydrogens is 427 g/mol. The summed E-state index contributed by atoms with van der Waals surface area (Å²) in [6.45, 7) is 8.97. The van der Waals surface area contributed by atoms with Crippen LogP contribution in [0.15, 0.2) is 36.4 Å². The van der Waals surface area contributed by atoms with Crippen LogP contribution in [-0.2, 0) is 10.3 Å². The fraction of sp³-hybridized carbons (Fsp3) is 0.381. The third kappa shape index (κ3) is 5.86. The first-order valence-corrected chi connectivity index (χ1v) is 9.92. The number of nitrogens with zero attached hydrogens (tertiary/aromatic N) is 1. The molecule has 0 aliphatic rings. The van der Waals surface area contributed by atoms with E-state index >= 15 is 0 Å². The topological polar surface area (TPSA) is 68.3 Å². The average molecular weight is 451 g/mol. The highest BCUT2D eigenvalue weighted by molar-refractivity contribution is 9.09. The van der Waals surface area contributed by atoms with E-state index in [1.54, 1.807) is 45.0 Å². The number of ether oxygens (including phenoxy) is 1. The largest absolute Gasteiger partial charge is 0.444 e. The minimum absolute atomic E-state index is 0.117. The predicted molar refractivity (Wildman–Crippen MR) is 110 cm³/mol. The lowest BCUT2D eigenvalue weighted by Gasteiger charge is -2.29. The highest BCUT2D eigenvalue weighted by Gasteiger charge is 2.28. The molecule has 0 bridgehead atoms. The van der Waals surface area contributed by atoms with Crippen LogP contribution in [-0.4, -0.2) is 27.8 Å². The van der Waals surface area contributed by atoms with E-state index in [1.807, 2.05) is 13.8 Å². The normalized spacial score (nSPS) is 11.8. The Morgan fingerprint density at radius 2 is 1.71 bits per heavy atom. The van der Waals surface area contributed by atoms with Crippen LogP contribution in [0.25, 0.3) is 11.3 Å². The summed E-state index contributed by atoms with van der Waals surface area (Å²) in [5.74, 6) is -0.554. The number of carbonyl (C=O) groups excluding carboxylic acids is 2. The van der Waals surface area contributed by atoms with Crippen LogP contribution < -0.4 is 5.32 Å². The minimum atomic E-state index is -0.832. The molecule has 1 aromatic carbocycles. The number of Topliss-reactive ketones (excluding diaryl/α,β-unsaturated/α-hetero) is 1. The van der Waals surface area contributed by atoms with Crippen molar-refractivity contribution in [3.8, 4) is 11.3 Å². The second-order valence-electron chi connectivity index (χ2n) is 7.94. The van der Waals surface area contributed by atoms with Gasteiger partial charge in [0.2, 0.25) is 0 Å². The van der Waals surface area contributed by atoms with Crippen molar-refractivity contribution in [2.24, 2.45) is 0 Å². The van der Waals surface area contributed by atoms with E-state index in [0.29, 0.717) is 16.8 Å². The van der Waals surface area contributed by atoms with Gasteiger partial charge >= 0.3 is 6.09 Å². The minimum Gasteiger partial charge on any atom is -0.444 e. The number of aromatic nitrogens is 1. The predicted octanol–water partition coefficient (Wildman–Crippen LogP) is 5.23. The number of nitrogens with one attached hydrogen (secondary N) is 1. The Bertz CT molecular complexity index is 874. The van der Waals surface area contributed by atoms with Crippen LogP contribution in [0.4, 0.5) is 9.18 Å². The van der Waals surface area contributed by atoms with Crippen molar-refractivity contribution >= 4 is 27.8 Å². The van der Waals surface area contributed by atoms with Gasteiger partial charge in [0, 0.05) is 5.56 Å². The lowest BCUT2D eigenvalue weighted by molar-refractivity contribution is 0.0470. The van der Waals surface area contributed by atoms with E-state index in [4.69, 9.17) is 4.74 Å². The van der Waals surface area contributed by atoms with Crippen LogP contribution in [0.3, 0.4) is 0 Å². The number of halogens is 2. The maximum atomic E-state index is 13.3. The van der Waals surface area contributed by atoms with E-state index in [-0.39, 0.29) is 22.6 Å². The van der Waals surface area contributed by atoms with Gasteiger partial charge in [-0.15, -0.1) is 0 Å². The first-order valence-electron chi connectivity index (χ1n) is 8.80. The number of alkyl halides is 1. The fourth-order valence-corrected chi connectivity index (χ4v) is 2.79. The fourth-order valence-electron chi connectivity index (χ4n) is 2.50. The first-order chi connectivity index (χ1) is 12.9. The van der Waals surface area contributed by atoms with Gasteiger partial charge in [0.25, 0.3) is 0 Å². The molecule has 0 spiro atoms. The Morgan fingerprint density at radius 3 is 2.25 bits per heavy atom. The quantitative estimate of drug-likeness (QED) is 0.500. The van der Waals surface area contributed by atoms with Crippen LogP contribution in [0, 0.1) is 5.82 Å². The van der Waals surface area contributed by atoms with Crippen LogP contribution in [0.1, 0.15) is 50.7 Å². The molecule has 150 valence electrons. The van der Waals surface area contributed by atoms with Gasteiger partial charge in [-0.3, -0.25) is 4.79 Å². The second kappa shape index (κ2) is 8.39. The number of ketones is 1. The van der Waals surface area contributed by atoms with Crippen molar-refractivity contribution in [3.63, 3.8) is 0 Å². The molecule has 1 N–H and O–H groups in total. The molecule has 0 fully saturated rings. The average Bonchev–Trinajstić information content (AvgIpc) is 2.59. The van der Waals surface area contributed by atoms with Crippen LogP contribution >= 0.6 is 15.9 Å². The Morgan fingerprint density at radius 1 is 1.11 bits per heavy atom. The lowest BCUT2D eigenvalue weighted by Crippen LogP contribution is -2.44. The number of hydrogen-bond acceptors (Lipinski definition) is 4. The van der Waals surface area contributed by atoms with Gasteiger partial charge in [0.05, 0.1) is 16.6 Å². The number of rotatable bonds is 5. The van der Waals surface area contributed by atoms with Gasteiger partial charge in [0.15, 0.2) is 5.78 Å². The molecule has 0 unspecified atom stereocenters. The summed E-state index contributed by atoms with van der Waals surface area (Å²) < 4.78 is 18.6. The molecule has 0 saturated carbocycles. The van der Waals surface area contributed by atoms with Gasteiger partial charge in [-0.05, 0) is 76.6 Å². The molecule has 0 radical (unpaired) electrons. The zero-order valence-electron chi connectivity index (χ0n) is 16.6. The third-order valence-electron chi connectivity index (χ3n) is 3.91. The molecule has 28 heavy (non-hydrogen) atoms. The molecule has 0 aliphatic carbocycles.